The van der Waals surface area contributed by atoms with Gasteiger partial charge in [0, 0.05) is 38.9 Å². The van der Waals surface area contributed by atoms with Crippen molar-refractivity contribution in [1.82, 2.24) is 4.98 Å². The number of aromatic nitrogens is 1. The molecule has 4 aromatic rings. The molecule has 4 rings (SSSR count). The number of amides is 1. The van der Waals surface area contributed by atoms with Gasteiger partial charge in [-0.3, -0.25) is 4.79 Å². The Morgan fingerprint density at radius 3 is 2.52 bits per heavy atom. The van der Waals surface area contributed by atoms with Crippen LogP contribution in [0.3, 0.4) is 0 Å². The third-order valence-electron chi connectivity index (χ3n) is 4.35. The number of benzene rings is 3. The maximum absolute atomic E-state index is 11.5. The quantitative estimate of drug-likeness (QED) is 0.251. The van der Waals surface area contributed by atoms with Gasteiger partial charge in [0.05, 0.1) is 11.4 Å². The lowest BCUT2D eigenvalue weighted by Crippen LogP contribution is -2.05. The smallest absolute Gasteiger partial charge is 0.221 e. The highest BCUT2D eigenvalue weighted by Crippen LogP contribution is 2.42. The van der Waals surface area contributed by atoms with E-state index in [-0.39, 0.29) is 24.1 Å². The molecule has 1 aromatic heterocycles. The summed E-state index contributed by atoms with van der Waals surface area (Å²) >= 11 is 1.64. The third-order valence-corrected chi connectivity index (χ3v) is 5.49. The standard InChI is InChI=1S/C22H19N3O2S.ClH/c1-13(26)24-15-8-9-19-17(12-15)22(28-16-5-3-2-4-6-16)21(25-19)14-7-10-20(27)18(23)11-14;/h2-12,25,27H,23H2,1H3,(H,24,26);1H. The van der Waals surface area contributed by atoms with Gasteiger partial charge < -0.3 is 21.1 Å². The molecule has 5 nitrogen and oxygen atoms in total. The minimum Gasteiger partial charge on any atom is -0.506 e. The van der Waals surface area contributed by atoms with Gasteiger partial charge in [-0.1, -0.05) is 30.0 Å². The van der Waals surface area contributed by atoms with Crippen LogP contribution in [-0.2, 0) is 4.79 Å². The third kappa shape index (κ3) is 4.34. The molecule has 5 N–H and O–H groups in total. The number of nitrogens with two attached hydrogens (primary N) is 1. The van der Waals surface area contributed by atoms with Gasteiger partial charge in [0.2, 0.25) is 5.91 Å². The Hall–Kier alpha value is -3.09. The molecule has 0 spiro atoms. The molecule has 0 bridgehead atoms. The first-order valence-electron chi connectivity index (χ1n) is 8.76. The second-order valence-electron chi connectivity index (χ2n) is 6.46. The van der Waals surface area contributed by atoms with E-state index in [1.165, 1.54) is 6.92 Å². The van der Waals surface area contributed by atoms with E-state index in [9.17, 15) is 9.90 Å². The van der Waals surface area contributed by atoms with Crippen molar-refractivity contribution in [3.05, 3.63) is 66.7 Å². The van der Waals surface area contributed by atoms with Crippen molar-refractivity contribution in [2.75, 3.05) is 11.1 Å². The fraction of sp³-hybridized carbons (Fsp3) is 0.0455. The topological polar surface area (TPSA) is 91.1 Å². The number of fused-ring (bicyclic) bond motifs is 1. The van der Waals surface area contributed by atoms with E-state index in [1.54, 1.807) is 23.9 Å². The predicted octanol–water partition coefficient (Wildman–Crippen LogP) is 5.65. The molecular formula is C22H20ClN3O2S. The Morgan fingerprint density at radius 2 is 1.83 bits per heavy atom. The van der Waals surface area contributed by atoms with E-state index >= 15 is 0 Å². The molecule has 0 fully saturated rings. The van der Waals surface area contributed by atoms with Crippen LogP contribution in [0.15, 0.2) is 76.5 Å². The van der Waals surface area contributed by atoms with Crippen LogP contribution in [-0.4, -0.2) is 16.0 Å². The fourth-order valence-corrected chi connectivity index (χ4v) is 4.15. The highest BCUT2D eigenvalue weighted by molar-refractivity contribution is 7.99. The first kappa shape index (κ1) is 20.6. The van der Waals surface area contributed by atoms with Gasteiger partial charge in [-0.05, 0) is 48.5 Å². The molecule has 3 aromatic carbocycles. The van der Waals surface area contributed by atoms with Crippen LogP contribution >= 0.6 is 24.2 Å². The molecule has 0 atom stereocenters. The summed E-state index contributed by atoms with van der Waals surface area (Å²) in [6, 6.07) is 21.0. The molecule has 0 saturated heterocycles. The summed E-state index contributed by atoms with van der Waals surface area (Å²) in [6.07, 6.45) is 0. The van der Waals surface area contributed by atoms with Crippen LogP contribution in [0.5, 0.6) is 5.75 Å². The average molecular weight is 426 g/mol. The monoisotopic (exact) mass is 425 g/mol. The Kier molecular flexibility index (Phi) is 6.06. The minimum absolute atomic E-state index is 0. The lowest BCUT2D eigenvalue weighted by atomic mass is 10.1. The Bertz CT molecular complexity index is 1180. The molecule has 0 radical (unpaired) electrons. The van der Waals surface area contributed by atoms with E-state index in [0.29, 0.717) is 5.69 Å². The number of aromatic amines is 1. The zero-order valence-corrected chi connectivity index (χ0v) is 17.2. The Balaban J connectivity index is 0.00000240. The van der Waals surface area contributed by atoms with Crippen LogP contribution in [0.1, 0.15) is 6.92 Å². The summed E-state index contributed by atoms with van der Waals surface area (Å²) in [4.78, 5) is 17.0. The molecule has 7 heteroatoms. The van der Waals surface area contributed by atoms with Gasteiger partial charge in [0.15, 0.2) is 0 Å². The molecular weight excluding hydrogens is 406 g/mol. The molecule has 1 amide bonds. The number of nitrogens with one attached hydrogen (secondary N) is 2. The number of hydrogen-bond acceptors (Lipinski definition) is 4. The summed E-state index contributed by atoms with van der Waals surface area (Å²) in [5.74, 6) is -0.0521. The highest BCUT2D eigenvalue weighted by atomic mass is 35.5. The van der Waals surface area contributed by atoms with Crippen molar-refractivity contribution >= 4 is 52.4 Å². The number of nitrogen functional groups attached to an aromatic ring is 1. The number of phenols is 1. The zero-order chi connectivity index (χ0) is 19.7. The predicted molar refractivity (Wildman–Crippen MR) is 122 cm³/mol. The van der Waals surface area contributed by atoms with Gasteiger partial charge in [0.1, 0.15) is 5.75 Å². The fourth-order valence-electron chi connectivity index (χ4n) is 3.07. The van der Waals surface area contributed by atoms with E-state index in [4.69, 9.17) is 5.73 Å². The number of anilines is 2. The van der Waals surface area contributed by atoms with Crippen LogP contribution in [0, 0.1) is 0 Å². The van der Waals surface area contributed by atoms with Gasteiger partial charge in [0.25, 0.3) is 0 Å². The molecule has 1 heterocycles. The first-order chi connectivity index (χ1) is 13.5. The minimum atomic E-state index is -0.112. The molecule has 0 unspecified atom stereocenters. The number of halogens is 1. The van der Waals surface area contributed by atoms with Crippen LogP contribution in [0.4, 0.5) is 11.4 Å². The van der Waals surface area contributed by atoms with Crippen molar-refractivity contribution in [3.8, 4) is 17.0 Å². The van der Waals surface area contributed by atoms with Gasteiger partial charge >= 0.3 is 0 Å². The SMILES string of the molecule is CC(=O)Nc1ccc2[nH]c(-c3ccc(O)c(N)c3)c(Sc3ccccc3)c2c1.Cl. The van der Waals surface area contributed by atoms with Crippen molar-refractivity contribution in [3.63, 3.8) is 0 Å². The van der Waals surface area contributed by atoms with Crippen LogP contribution < -0.4 is 11.1 Å². The lowest BCUT2D eigenvalue weighted by molar-refractivity contribution is -0.114. The van der Waals surface area contributed by atoms with E-state index in [0.717, 1.165) is 37.6 Å². The summed E-state index contributed by atoms with van der Waals surface area (Å²) in [6.45, 7) is 1.49. The van der Waals surface area contributed by atoms with Crippen molar-refractivity contribution in [1.29, 1.82) is 0 Å². The van der Waals surface area contributed by atoms with Crippen molar-refractivity contribution in [2.24, 2.45) is 0 Å². The maximum atomic E-state index is 11.5. The Morgan fingerprint density at radius 1 is 1.07 bits per heavy atom. The lowest BCUT2D eigenvalue weighted by Gasteiger charge is -2.08. The number of aromatic hydroxyl groups is 1. The number of phenolic OH excluding ortho intramolecular Hbond substituents is 1. The zero-order valence-electron chi connectivity index (χ0n) is 15.6. The highest BCUT2D eigenvalue weighted by Gasteiger charge is 2.16. The molecule has 0 aliphatic heterocycles. The number of H-pyrrole nitrogens is 1. The second-order valence-corrected chi connectivity index (χ2v) is 7.54. The molecule has 0 saturated carbocycles. The maximum Gasteiger partial charge on any atom is 0.221 e. The van der Waals surface area contributed by atoms with E-state index in [2.05, 4.69) is 22.4 Å². The summed E-state index contributed by atoms with van der Waals surface area (Å²) in [5.41, 5.74) is 9.73. The number of hydrogen-bond donors (Lipinski definition) is 4. The van der Waals surface area contributed by atoms with E-state index in [1.807, 2.05) is 42.5 Å². The molecule has 0 aliphatic rings. The first-order valence-corrected chi connectivity index (χ1v) is 9.58. The number of rotatable bonds is 4. The molecule has 29 heavy (non-hydrogen) atoms. The normalized spacial score (nSPS) is 10.5. The summed E-state index contributed by atoms with van der Waals surface area (Å²) in [5, 5.41) is 13.6. The molecule has 148 valence electrons. The van der Waals surface area contributed by atoms with Crippen LogP contribution in [0.2, 0.25) is 0 Å². The number of carbonyl (C=O) groups is 1. The van der Waals surface area contributed by atoms with E-state index < -0.39 is 0 Å². The second kappa shape index (κ2) is 8.51. The van der Waals surface area contributed by atoms with Gasteiger partial charge in [-0.25, -0.2) is 0 Å². The summed E-state index contributed by atoms with van der Waals surface area (Å²) in [7, 11) is 0. The number of carbonyl (C=O) groups excluding carboxylic acids is 1. The summed E-state index contributed by atoms with van der Waals surface area (Å²) < 4.78 is 0. The average Bonchev–Trinajstić information content (AvgIpc) is 3.02. The van der Waals surface area contributed by atoms with Crippen LogP contribution in [0.25, 0.3) is 22.2 Å². The van der Waals surface area contributed by atoms with Crippen molar-refractivity contribution in [2.45, 2.75) is 16.7 Å². The largest absolute Gasteiger partial charge is 0.506 e. The van der Waals surface area contributed by atoms with Gasteiger partial charge in [-0.2, -0.15) is 0 Å². The Labute approximate surface area is 178 Å². The molecule has 0 aliphatic carbocycles. The van der Waals surface area contributed by atoms with Crippen molar-refractivity contribution < 1.29 is 9.90 Å². The van der Waals surface area contributed by atoms with Gasteiger partial charge in [-0.15, -0.1) is 12.4 Å².